The molecule has 3 N–H and O–H groups in total. The topological polar surface area (TPSA) is 72.2 Å². The number of nitrogens with one attached hydrogen (secondary N) is 1. The second-order valence-electron chi connectivity index (χ2n) is 4.78. The molecule has 0 fully saturated rings. The van der Waals surface area contributed by atoms with E-state index in [2.05, 4.69) is 20.7 Å². The number of halogens is 1. The van der Waals surface area contributed by atoms with E-state index in [1.165, 1.54) is 11.3 Å². The molecule has 0 aliphatic rings. The molecule has 0 aliphatic heterocycles. The Morgan fingerprint density at radius 3 is 2.52 bits per heavy atom. The monoisotopic (exact) mass is 388 g/mol. The highest BCUT2D eigenvalue weighted by atomic mass is 79.9. The summed E-state index contributed by atoms with van der Waals surface area (Å²) < 4.78 is 28.5. The van der Waals surface area contributed by atoms with Gasteiger partial charge in [-0.25, -0.2) is 13.1 Å². The second-order valence-corrected chi connectivity index (χ2v) is 9.06. The average molecular weight is 389 g/mol. The predicted molar refractivity (Wildman–Crippen MR) is 89.9 cm³/mol. The molecule has 0 amide bonds. The molecule has 0 radical (unpaired) electrons. The molecule has 0 aliphatic carbocycles. The second kappa shape index (κ2) is 6.58. The van der Waals surface area contributed by atoms with Crippen molar-refractivity contribution in [2.45, 2.75) is 31.8 Å². The van der Waals surface area contributed by atoms with Crippen molar-refractivity contribution in [2.75, 3.05) is 0 Å². The van der Waals surface area contributed by atoms with Crippen LogP contribution in [-0.2, 0) is 23.1 Å². The maximum atomic E-state index is 12.5. The molecule has 4 nitrogen and oxygen atoms in total. The average Bonchev–Trinajstić information content (AvgIpc) is 2.82. The van der Waals surface area contributed by atoms with E-state index < -0.39 is 10.0 Å². The smallest absolute Gasteiger partial charge is 0.241 e. The summed E-state index contributed by atoms with van der Waals surface area (Å²) in [6, 6.07) is 7.32. The molecule has 114 valence electrons. The van der Waals surface area contributed by atoms with Crippen LogP contribution in [0.4, 0.5) is 0 Å². The summed E-state index contributed by atoms with van der Waals surface area (Å²) in [4.78, 5) is 1.25. The lowest BCUT2D eigenvalue weighted by Crippen LogP contribution is -2.24. The lowest BCUT2D eigenvalue weighted by Gasteiger charge is -2.12. The Labute approximate surface area is 137 Å². The molecular weight excluding hydrogens is 372 g/mol. The molecule has 0 spiro atoms. The first-order chi connectivity index (χ1) is 9.83. The molecule has 1 aromatic carbocycles. The SMILES string of the molecule is Cc1cc(C)c(S(=O)(=O)NCc2ccc(Br)s2)cc1CN. The molecule has 2 rings (SSSR count). The van der Waals surface area contributed by atoms with Gasteiger partial charge in [-0.05, 0) is 64.7 Å². The predicted octanol–water partition coefficient (Wildman–Crippen LogP) is 3.06. The Hall–Kier alpha value is -0.730. The highest BCUT2D eigenvalue weighted by molar-refractivity contribution is 9.11. The van der Waals surface area contributed by atoms with Crippen LogP contribution in [0.3, 0.4) is 0 Å². The summed E-state index contributed by atoms with van der Waals surface area (Å²) in [5.74, 6) is 0. The zero-order valence-electron chi connectivity index (χ0n) is 11.8. The normalized spacial score (nSPS) is 11.8. The summed E-state index contributed by atoms with van der Waals surface area (Å²) in [6.07, 6.45) is 0. The third-order valence-corrected chi connectivity index (χ3v) is 6.38. The van der Waals surface area contributed by atoms with E-state index in [0.29, 0.717) is 11.4 Å². The molecule has 0 atom stereocenters. The molecule has 21 heavy (non-hydrogen) atoms. The van der Waals surface area contributed by atoms with E-state index in [-0.39, 0.29) is 6.54 Å². The Morgan fingerprint density at radius 1 is 1.24 bits per heavy atom. The van der Waals surface area contributed by atoms with E-state index in [1.807, 2.05) is 25.1 Å². The lowest BCUT2D eigenvalue weighted by atomic mass is 10.1. The summed E-state index contributed by atoms with van der Waals surface area (Å²) in [5.41, 5.74) is 8.25. The van der Waals surface area contributed by atoms with Gasteiger partial charge in [-0.3, -0.25) is 0 Å². The van der Waals surface area contributed by atoms with Crippen LogP contribution in [0.2, 0.25) is 0 Å². The first-order valence-corrected chi connectivity index (χ1v) is 9.47. The van der Waals surface area contributed by atoms with E-state index in [9.17, 15) is 8.42 Å². The van der Waals surface area contributed by atoms with Gasteiger partial charge in [-0.2, -0.15) is 0 Å². The summed E-state index contributed by atoms with van der Waals surface area (Å²) in [7, 11) is -3.54. The molecule has 7 heteroatoms. The van der Waals surface area contributed by atoms with Crippen LogP contribution < -0.4 is 10.5 Å². The van der Waals surface area contributed by atoms with Gasteiger partial charge >= 0.3 is 0 Å². The Kier molecular flexibility index (Phi) is 5.21. The molecule has 0 bridgehead atoms. The molecule has 0 unspecified atom stereocenters. The first-order valence-electron chi connectivity index (χ1n) is 6.37. The van der Waals surface area contributed by atoms with Crippen molar-refractivity contribution >= 4 is 37.3 Å². The standard InChI is InChI=1S/C14H17BrN2O2S2/c1-9-5-10(2)13(6-11(9)7-16)21(18,19)17-8-12-3-4-14(15)20-12/h3-6,17H,7-8,16H2,1-2H3. The van der Waals surface area contributed by atoms with Crippen LogP contribution in [0.5, 0.6) is 0 Å². The minimum absolute atomic E-state index is 0.282. The van der Waals surface area contributed by atoms with Crippen molar-refractivity contribution in [3.05, 3.63) is 49.6 Å². The minimum atomic E-state index is -3.54. The van der Waals surface area contributed by atoms with Gasteiger partial charge in [-0.1, -0.05) is 6.07 Å². The highest BCUT2D eigenvalue weighted by Crippen LogP contribution is 2.24. The minimum Gasteiger partial charge on any atom is -0.326 e. The van der Waals surface area contributed by atoms with Gasteiger partial charge in [0.2, 0.25) is 10.0 Å². The molecule has 2 aromatic rings. The third-order valence-electron chi connectivity index (χ3n) is 3.21. The van der Waals surface area contributed by atoms with Gasteiger partial charge in [0.25, 0.3) is 0 Å². The van der Waals surface area contributed by atoms with Gasteiger partial charge in [0.1, 0.15) is 0 Å². The van der Waals surface area contributed by atoms with Crippen molar-refractivity contribution in [3.8, 4) is 0 Å². The van der Waals surface area contributed by atoms with Gasteiger partial charge in [0.15, 0.2) is 0 Å². The Balaban J connectivity index is 2.27. The molecule has 0 saturated heterocycles. The third kappa shape index (κ3) is 3.92. The zero-order valence-corrected chi connectivity index (χ0v) is 15.0. The van der Waals surface area contributed by atoms with Gasteiger partial charge < -0.3 is 5.73 Å². The fourth-order valence-electron chi connectivity index (χ4n) is 2.07. The van der Waals surface area contributed by atoms with Crippen LogP contribution in [0.1, 0.15) is 21.6 Å². The number of nitrogens with two attached hydrogens (primary N) is 1. The molecule has 1 heterocycles. The lowest BCUT2D eigenvalue weighted by molar-refractivity contribution is 0.581. The van der Waals surface area contributed by atoms with Crippen LogP contribution in [0, 0.1) is 13.8 Å². The van der Waals surface area contributed by atoms with E-state index in [4.69, 9.17) is 5.73 Å². The van der Waals surface area contributed by atoms with Crippen molar-refractivity contribution in [2.24, 2.45) is 5.73 Å². The number of sulfonamides is 1. The van der Waals surface area contributed by atoms with E-state index in [0.717, 1.165) is 25.4 Å². The maximum Gasteiger partial charge on any atom is 0.241 e. The molecule has 0 saturated carbocycles. The first kappa shape index (κ1) is 16.6. The summed E-state index contributed by atoms with van der Waals surface area (Å²) >= 11 is 4.87. The number of hydrogen-bond donors (Lipinski definition) is 2. The maximum absolute atomic E-state index is 12.5. The fourth-order valence-corrected chi connectivity index (χ4v) is 4.87. The van der Waals surface area contributed by atoms with Gasteiger partial charge in [0, 0.05) is 18.0 Å². The quantitative estimate of drug-likeness (QED) is 0.826. The van der Waals surface area contributed by atoms with E-state index in [1.54, 1.807) is 13.0 Å². The van der Waals surface area contributed by atoms with Crippen molar-refractivity contribution < 1.29 is 8.42 Å². The van der Waals surface area contributed by atoms with Crippen molar-refractivity contribution in [3.63, 3.8) is 0 Å². The van der Waals surface area contributed by atoms with Crippen molar-refractivity contribution in [1.29, 1.82) is 0 Å². The van der Waals surface area contributed by atoms with Gasteiger partial charge in [-0.15, -0.1) is 11.3 Å². The number of benzene rings is 1. The molecule has 1 aromatic heterocycles. The molecular formula is C14H17BrN2O2S2. The van der Waals surface area contributed by atoms with Crippen molar-refractivity contribution in [1.82, 2.24) is 4.72 Å². The number of rotatable bonds is 5. The summed E-state index contributed by atoms with van der Waals surface area (Å²) in [5, 5.41) is 0. The summed E-state index contributed by atoms with van der Waals surface area (Å²) in [6.45, 7) is 4.34. The largest absolute Gasteiger partial charge is 0.326 e. The van der Waals surface area contributed by atoms with Crippen LogP contribution in [0.25, 0.3) is 0 Å². The number of aryl methyl sites for hydroxylation is 2. The highest BCUT2D eigenvalue weighted by Gasteiger charge is 2.18. The Bertz CT molecular complexity index is 754. The zero-order chi connectivity index (χ0) is 15.6. The number of hydrogen-bond acceptors (Lipinski definition) is 4. The van der Waals surface area contributed by atoms with Crippen LogP contribution >= 0.6 is 27.3 Å². The van der Waals surface area contributed by atoms with Crippen LogP contribution in [0.15, 0.2) is 32.9 Å². The van der Waals surface area contributed by atoms with Gasteiger partial charge in [0.05, 0.1) is 8.68 Å². The fraction of sp³-hybridized carbons (Fsp3) is 0.286. The Morgan fingerprint density at radius 2 is 1.95 bits per heavy atom. The van der Waals surface area contributed by atoms with E-state index >= 15 is 0 Å². The number of thiophene rings is 1. The van der Waals surface area contributed by atoms with Crippen LogP contribution in [-0.4, -0.2) is 8.42 Å².